The number of methoxy groups -OCH3 is 1. The number of hydrogen-bond acceptors (Lipinski definition) is 4. The minimum absolute atomic E-state index is 0.105. The number of ether oxygens (including phenoxy) is 1. The van der Waals surface area contributed by atoms with Gasteiger partial charge in [-0.1, -0.05) is 0 Å². The van der Waals surface area contributed by atoms with Crippen molar-refractivity contribution in [1.82, 2.24) is 15.3 Å². The van der Waals surface area contributed by atoms with Gasteiger partial charge in [0.15, 0.2) is 0 Å². The first-order valence-corrected chi connectivity index (χ1v) is 6.97. The van der Waals surface area contributed by atoms with E-state index in [1.807, 2.05) is 24.4 Å². The van der Waals surface area contributed by atoms with Crippen LogP contribution < -0.4 is 10.1 Å². The molecule has 2 aromatic heterocycles. The molecule has 2 heterocycles. The van der Waals surface area contributed by atoms with Crippen LogP contribution in [0, 0.1) is 6.92 Å². The maximum absolute atomic E-state index is 5.98. The SMILES string of the molecule is COc1ccc2oc(C(C)NCc3ncc[nH]3)c(C)c2c1. The molecule has 0 amide bonds. The molecular weight excluding hydrogens is 266 g/mol. The summed E-state index contributed by atoms with van der Waals surface area (Å²) in [5, 5.41) is 4.51. The van der Waals surface area contributed by atoms with E-state index in [1.54, 1.807) is 13.3 Å². The summed E-state index contributed by atoms with van der Waals surface area (Å²) < 4.78 is 11.3. The van der Waals surface area contributed by atoms with Crippen LogP contribution in [0.25, 0.3) is 11.0 Å². The van der Waals surface area contributed by atoms with Gasteiger partial charge in [0.05, 0.1) is 19.7 Å². The van der Waals surface area contributed by atoms with E-state index in [9.17, 15) is 0 Å². The molecule has 5 heteroatoms. The number of aromatic nitrogens is 2. The summed E-state index contributed by atoms with van der Waals surface area (Å²) in [6.07, 6.45) is 3.57. The van der Waals surface area contributed by atoms with Crippen molar-refractivity contribution in [2.45, 2.75) is 26.4 Å². The number of nitrogens with zero attached hydrogens (tertiary/aromatic N) is 1. The van der Waals surface area contributed by atoms with Gasteiger partial charge in [0, 0.05) is 23.3 Å². The zero-order valence-corrected chi connectivity index (χ0v) is 12.4. The van der Waals surface area contributed by atoms with Crippen LogP contribution in [0.2, 0.25) is 0 Å². The Labute approximate surface area is 123 Å². The van der Waals surface area contributed by atoms with Crippen molar-refractivity contribution >= 4 is 11.0 Å². The van der Waals surface area contributed by atoms with Crippen molar-refractivity contribution in [1.29, 1.82) is 0 Å². The summed E-state index contributed by atoms with van der Waals surface area (Å²) in [7, 11) is 1.67. The fourth-order valence-electron chi connectivity index (χ4n) is 2.50. The van der Waals surface area contributed by atoms with Gasteiger partial charge in [0.2, 0.25) is 0 Å². The average molecular weight is 285 g/mol. The number of benzene rings is 1. The van der Waals surface area contributed by atoms with Gasteiger partial charge in [0.1, 0.15) is 22.9 Å². The van der Waals surface area contributed by atoms with Gasteiger partial charge in [-0.05, 0) is 32.0 Å². The average Bonchev–Trinajstić information content (AvgIpc) is 3.13. The number of furan rings is 1. The molecule has 0 aliphatic rings. The molecule has 1 unspecified atom stereocenters. The molecule has 0 fully saturated rings. The second kappa shape index (κ2) is 5.61. The molecule has 3 aromatic rings. The van der Waals surface area contributed by atoms with Gasteiger partial charge < -0.3 is 19.5 Å². The Morgan fingerprint density at radius 2 is 2.29 bits per heavy atom. The van der Waals surface area contributed by atoms with E-state index in [1.165, 1.54) is 0 Å². The van der Waals surface area contributed by atoms with Crippen LogP contribution in [-0.4, -0.2) is 17.1 Å². The fourth-order valence-corrected chi connectivity index (χ4v) is 2.50. The van der Waals surface area contributed by atoms with E-state index in [2.05, 4.69) is 29.1 Å². The van der Waals surface area contributed by atoms with Crippen molar-refractivity contribution in [2.24, 2.45) is 0 Å². The molecule has 0 aliphatic carbocycles. The molecular formula is C16H19N3O2. The summed E-state index contributed by atoms with van der Waals surface area (Å²) in [4.78, 5) is 7.28. The molecule has 2 N–H and O–H groups in total. The van der Waals surface area contributed by atoms with Crippen LogP contribution in [0.3, 0.4) is 0 Å². The number of nitrogens with one attached hydrogen (secondary N) is 2. The predicted octanol–water partition coefficient (Wildman–Crippen LogP) is 3.32. The molecule has 0 aliphatic heterocycles. The molecule has 0 spiro atoms. The number of hydrogen-bond donors (Lipinski definition) is 2. The van der Waals surface area contributed by atoms with Gasteiger partial charge in [-0.15, -0.1) is 0 Å². The Hall–Kier alpha value is -2.27. The Morgan fingerprint density at radius 3 is 3.00 bits per heavy atom. The largest absolute Gasteiger partial charge is 0.497 e. The minimum atomic E-state index is 0.105. The number of aromatic amines is 1. The highest BCUT2D eigenvalue weighted by molar-refractivity contribution is 5.83. The van der Waals surface area contributed by atoms with E-state index in [0.717, 1.165) is 33.9 Å². The van der Waals surface area contributed by atoms with E-state index in [-0.39, 0.29) is 6.04 Å². The molecule has 0 bridgehead atoms. The van der Waals surface area contributed by atoms with Crippen molar-refractivity contribution in [2.75, 3.05) is 7.11 Å². The molecule has 5 nitrogen and oxygen atoms in total. The van der Waals surface area contributed by atoms with Gasteiger partial charge in [-0.25, -0.2) is 4.98 Å². The first kappa shape index (κ1) is 13.7. The fraction of sp³-hybridized carbons (Fsp3) is 0.312. The molecule has 3 rings (SSSR count). The maximum Gasteiger partial charge on any atom is 0.134 e. The predicted molar refractivity (Wildman–Crippen MR) is 81.3 cm³/mol. The molecule has 1 atom stereocenters. The number of fused-ring (bicyclic) bond motifs is 1. The van der Waals surface area contributed by atoms with Crippen LogP contribution in [0.15, 0.2) is 35.0 Å². The second-order valence-corrected chi connectivity index (χ2v) is 5.09. The Kier molecular flexibility index (Phi) is 3.66. The third kappa shape index (κ3) is 2.64. The summed E-state index contributed by atoms with van der Waals surface area (Å²) in [5.41, 5.74) is 2.03. The highest BCUT2D eigenvalue weighted by Crippen LogP contribution is 2.31. The molecule has 0 saturated heterocycles. The monoisotopic (exact) mass is 285 g/mol. The van der Waals surface area contributed by atoms with Crippen LogP contribution >= 0.6 is 0 Å². The number of rotatable bonds is 5. The van der Waals surface area contributed by atoms with E-state index >= 15 is 0 Å². The normalized spacial score (nSPS) is 12.7. The third-order valence-electron chi connectivity index (χ3n) is 3.70. The first-order chi connectivity index (χ1) is 10.2. The molecule has 21 heavy (non-hydrogen) atoms. The first-order valence-electron chi connectivity index (χ1n) is 6.97. The number of imidazole rings is 1. The van der Waals surface area contributed by atoms with Crippen LogP contribution in [0.4, 0.5) is 0 Å². The third-order valence-corrected chi connectivity index (χ3v) is 3.70. The lowest BCUT2D eigenvalue weighted by atomic mass is 10.1. The van der Waals surface area contributed by atoms with Gasteiger partial charge >= 0.3 is 0 Å². The van der Waals surface area contributed by atoms with E-state index in [4.69, 9.17) is 9.15 Å². The smallest absolute Gasteiger partial charge is 0.134 e. The lowest BCUT2D eigenvalue weighted by Gasteiger charge is -2.11. The zero-order valence-electron chi connectivity index (χ0n) is 12.4. The molecule has 0 radical (unpaired) electrons. The van der Waals surface area contributed by atoms with Crippen molar-refractivity contribution < 1.29 is 9.15 Å². The summed E-state index contributed by atoms with van der Waals surface area (Å²) in [5.74, 6) is 2.70. The van der Waals surface area contributed by atoms with E-state index in [0.29, 0.717) is 6.54 Å². The topological polar surface area (TPSA) is 63.1 Å². The zero-order chi connectivity index (χ0) is 14.8. The standard InChI is InChI=1S/C16H19N3O2/c1-10-13-8-12(20-3)4-5-14(13)21-16(10)11(2)19-9-15-17-6-7-18-15/h4-8,11,19H,9H2,1-3H3,(H,17,18). The molecule has 0 saturated carbocycles. The quantitative estimate of drug-likeness (QED) is 0.755. The molecule has 1 aromatic carbocycles. The number of H-pyrrole nitrogens is 1. The van der Waals surface area contributed by atoms with Gasteiger partial charge in [-0.3, -0.25) is 0 Å². The van der Waals surface area contributed by atoms with Crippen LogP contribution in [-0.2, 0) is 6.54 Å². The van der Waals surface area contributed by atoms with Crippen LogP contribution in [0.1, 0.15) is 30.1 Å². The molecule has 110 valence electrons. The highest BCUT2D eigenvalue weighted by atomic mass is 16.5. The van der Waals surface area contributed by atoms with Crippen molar-refractivity contribution in [3.8, 4) is 5.75 Å². The van der Waals surface area contributed by atoms with Crippen molar-refractivity contribution in [3.05, 3.63) is 47.7 Å². The summed E-state index contributed by atoms with van der Waals surface area (Å²) in [6.45, 7) is 4.84. The highest BCUT2D eigenvalue weighted by Gasteiger charge is 2.17. The Balaban J connectivity index is 1.84. The van der Waals surface area contributed by atoms with Gasteiger partial charge in [-0.2, -0.15) is 0 Å². The lowest BCUT2D eigenvalue weighted by molar-refractivity contribution is 0.415. The van der Waals surface area contributed by atoms with Crippen LogP contribution in [0.5, 0.6) is 5.75 Å². The van der Waals surface area contributed by atoms with Crippen molar-refractivity contribution in [3.63, 3.8) is 0 Å². The summed E-state index contributed by atoms with van der Waals surface area (Å²) >= 11 is 0. The Bertz CT molecular complexity index is 731. The second-order valence-electron chi connectivity index (χ2n) is 5.09. The van der Waals surface area contributed by atoms with E-state index < -0.39 is 0 Å². The number of aryl methyl sites for hydroxylation is 1. The lowest BCUT2D eigenvalue weighted by Crippen LogP contribution is -2.19. The summed E-state index contributed by atoms with van der Waals surface area (Å²) in [6, 6.07) is 5.98. The maximum atomic E-state index is 5.98. The minimum Gasteiger partial charge on any atom is -0.497 e. The van der Waals surface area contributed by atoms with Gasteiger partial charge in [0.25, 0.3) is 0 Å². The Morgan fingerprint density at radius 1 is 1.43 bits per heavy atom.